The quantitative estimate of drug-likeness (QED) is 0.778. The van der Waals surface area contributed by atoms with E-state index in [1.165, 1.54) is 24.4 Å². The molecule has 7 heteroatoms. The molecule has 0 fully saturated rings. The molecule has 0 amide bonds. The van der Waals surface area contributed by atoms with Crippen LogP contribution in [0.1, 0.15) is 11.3 Å². The molecule has 0 atom stereocenters. The third-order valence-electron chi connectivity index (χ3n) is 2.13. The highest BCUT2D eigenvalue weighted by molar-refractivity contribution is 6.16. The maximum atomic E-state index is 12.7. The summed E-state index contributed by atoms with van der Waals surface area (Å²) in [5, 5.41) is 7.26. The molecule has 0 unspecified atom stereocenters. The molecule has 0 N–H and O–H groups in total. The third kappa shape index (κ3) is 2.41. The van der Waals surface area contributed by atoms with Gasteiger partial charge in [0.25, 0.3) is 0 Å². The number of hydrogen-bond acceptors (Lipinski definition) is 2. The average molecular weight is 262 g/mol. The van der Waals surface area contributed by atoms with Crippen molar-refractivity contribution in [3.63, 3.8) is 0 Å². The first-order valence-electron chi connectivity index (χ1n) is 4.66. The lowest BCUT2D eigenvalue weighted by atomic mass is 10.1. The van der Waals surface area contributed by atoms with Crippen LogP contribution in [0.4, 0.5) is 13.2 Å². The summed E-state index contributed by atoms with van der Waals surface area (Å²) in [5.41, 5.74) is -0.404. The largest absolute Gasteiger partial charge is 0.418 e. The summed E-state index contributed by atoms with van der Waals surface area (Å²) in [5.74, 6) is 0.105. The molecule has 2 rings (SSSR count). The predicted octanol–water partition coefficient (Wildman–Crippen LogP) is 3.02. The van der Waals surface area contributed by atoms with E-state index < -0.39 is 11.7 Å². The Morgan fingerprint density at radius 2 is 1.94 bits per heavy atom. The van der Waals surface area contributed by atoms with Crippen LogP contribution in [0.5, 0.6) is 0 Å². The van der Waals surface area contributed by atoms with E-state index in [1.807, 2.05) is 0 Å². The lowest BCUT2D eigenvalue weighted by Crippen LogP contribution is -2.10. The molecule has 0 radical (unpaired) electrons. The number of rotatable bonds is 2. The summed E-state index contributed by atoms with van der Waals surface area (Å²) in [7, 11) is 0. The summed E-state index contributed by atoms with van der Waals surface area (Å²) in [6, 6.07) is 5.16. The zero-order chi connectivity index (χ0) is 12.5. The van der Waals surface area contributed by atoms with Gasteiger partial charge in [0.2, 0.25) is 0 Å². The van der Waals surface area contributed by atoms with Crippen LogP contribution in [0, 0.1) is 0 Å². The molecular weight excluding hydrogens is 255 g/mol. The van der Waals surface area contributed by atoms with E-state index in [4.69, 9.17) is 11.6 Å². The van der Waals surface area contributed by atoms with Crippen molar-refractivity contribution in [1.82, 2.24) is 15.0 Å². The first-order chi connectivity index (χ1) is 8.02. The zero-order valence-corrected chi connectivity index (χ0v) is 9.20. The second-order valence-electron chi connectivity index (χ2n) is 3.30. The Balaban J connectivity index is 2.52. The Morgan fingerprint density at radius 3 is 2.53 bits per heavy atom. The van der Waals surface area contributed by atoms with E-state index in [0.29, 0.717) is 5.69 Å². The molecular formula is C10H7ClF3N3. The number of alkyl halides is 4. The monoisotopic (exact) mass is 261 g/mol. The first kappa shape index (κ1) is 11.9. The Morgan fingerprint density at radius 1 is 1.24 bits per heavy atom. The fourth-order valence-corrected chi connectivity index (χ4v) is 1.51. The van der Waals surface area contributed by atoms with Gasteiger partial charge in [-0.3, -0.25) is 0 Å². The lowest BCUT2D eigenvalue weighted by Gasteiger charge is -2.11. The smallest absolute Gasteiger partial charge is 0.220 e. The summed E-state index contributed by atoms with van der Waals surface area (Å²) >= 11 is 5.52. The van der Waals surface area contributed by atoms with E-state index in [1.54, 1.807) is 0 Å². The summed E-state index contributed by atoms with van der Waals surface area (Å²) in [4.78, 5) is 0. The maximum absolute atomic E-state index is 12.7. The van der Waals surface area contributed by atoms with Crippen molar-refractivity contribution in [3.05, 3.63) is 41.7 Å². The number of hydrogen-bond donors (Lipinski definition) is 0. The van der Waals surface area contributed by atoms with Crippen LogP contribution in [0.3, 0.4) is 0 Å². The van der Waals surface area contributed by atoms with Crippen LogP contribution in [0.25, 0.3) is 5.69 Å². The van der Waals surface area contributed by atoms with Crippen molar-refractivity contribution in [2.75, 3.05) is 0 Å². The van der Waals surface area contributed by atoms with Crippen LogP contribution in [0.15, 0.2) is 30.5 Å². The second kappa shape index (κ2) is 4.37. The summed E-state index contributed by atoms with van der Waals surface area (Å²) in [6.07, 6.45) is -3.05. The van der Waals surface area contributed by atoms with Gasteiger partial charge in [-0.15, -0.1) is 16.7 Å². The number of para-hydroxylation sites is 1. The van der Waals surface area contributed by atoms with Crippen molar-refractivity contribution >= 4 is 11.6 Å². The van der Waals surface area contributed by atoms with E-state index in [9.17, 15) is 13.2 Å². The summed E-state index contributed by atoms with van der Waals surface area (Å²) in [6.45, 7) is 0. The highest BCUT2D eigenvalue weighted by Crippen LogP contribution is 2.33. The lowest BCUT2D eigenvalue weighted by molar-refractivity contribution is -0.137. The molecule has 0 aliphatic carbocycles. The van der Waals surface area contributed by atoms with Gasteiger partial charge >= 0.3 is 6.18 Å². The standard InChI is InChI=1S/C10H7ClF3N3/c11-5-7-6-17(16-15-7)9-4-2-1-3-8(9)10(12,13)14/h1-4,6H,5H2. The van der Waals surface area contributed by atoms with Gasteiger partial charge in [0.1, 0.15) is 0 Å². The van der Waals surface area contributed by atoms with Crippen molar-refractivity contribution in [1.29, 1.82) is 0 Å². The van der Waals surface area contributed by atoms with E-state index in [-0.39, 0.29) is 11.6 Å². The third-order valence-corrected chi connectivity index (χ3v) is 2.41. The number of aromatic nitrogens is 3. The highest BCUT2D eigenvalue weighted by Gasteiger charge is 2.33. The van der Waals surface area contributed by atoms with Crippen LogP contribution < -0.4 is 0 Å². The molecule has 0 saturated heterocycles. The van der Waals surface area contributed by atoms with Crippen LogP contribution in [-0.4, -0.2) is 15.0 Å². The average Bonchev–Trinajstić information content (AvgIpc) is 2.76. The normalized spacial score (nSPS) is 11.8. The van der Waals surface area contributed by atoms with Gasteiger partial charge in [-0.05, 0) is 12.1 Å². The molecule has 2 aromatic rings. The SMILES string of the molecule is FC(F)(F)c1ccccc1-n1cc(CCl)nn1. The van der Waals surface area contributed by atoms with Crippen LogP contribution >= 0.6 is 11.6 Å². The second-order valence-corrected chi connectivity index (χ2v) is 3.57. The van der Waals surface area contributed by atoms with Gasteiger partial charge in [-0.2, -0.15) is 13.2 Å². The number of nitrogens with zero attached hydrogens (tertiary/aromatic N) is 3. The molecule has 17 heavy (non-hydrogen) atoms. The number of benzene rings is 1. The minimum atomic E-state index is -4.43. The molecule has 1 aromatic carbocycles. The number of halogens is 4. The molecule has 1 heterocycles. The van der Waals surface area contributed by atoms with E-state index >= 15 is 0 Å². The molecule has 0 aliphatic heterocycles. The van der Waals surface area contributed by atoms with Crippen molar-refractivity contribution in [3.8, 4) is 5.69 Å². The van der Waals surface area contributed by atoms with E-state index in [0.717, 1.165) is 10.7 Å². The van der Waals surface area contributed by atoms with Gasteiger partial charge in [0.05, 0.1) is 29.0 Å². The van der Waals surface area contributed by atoms with Crippen molar-refractivity contribution in [2.45, 2.75) is 12.1 Å². The zero-order valence-electron chi connectivity index (χ0n) is 8.45. The van der Waals surface area contributed by atoms with Crippen molar-refractivity contribution in [2.24, 2.45) is 0 Å². The molecule has 0 aliphatic rings. The molecule has 0 saturated carbocycles. The van der Waals surface area contributed by atoms with Gasteiger partial charge in [0.15, 0.2) is 0 Å². The topological polar surface area (TPSA) is 30.7 Å². The van der Waals surface area contributed by atoms with Gasteiger partial charge in [-0.1, -0.05) is 17.3 Å². The Hall–Kier alpha value is -1.56. The van der Waals surface area contributed by atoms with Gasteiger partial charge in [0, 0.05) is 0 Å². The molecule has 90 valence electrons. The Bertz CT molecular complexity index is 522. The van der Waals surface area contributed by atoms with E-state index in [2.05, 4.69) is 10.3 Å². The minimum absolute atomic E-state index is 0.0659. The van der Waals surface area contributed by atoms with Crippen LogP contribution in [0.2, 0.25) is 0 Å². The maximum Gasteiger partial charge on any atom is 0.418 e. The summed E-state index contributed by atoms with van der Waals surface area (Å²) < 4.78 is 39.3. The van der Waals surface area contributed by atoms with Gasteiger partial charge in [-0.25, -0.2) is 4.68 Å². The van der Waals surface area contributed by atoms with Crippen LogP contribution in [-0.2, 0) is 12.1 Å². The molecule has 0 spiro atoms. The Labute approximate surface area is 99.8 Å². The fourth-order valence-electron chi connectivity index (χ4n) is 1.39. The highest BCUT2D eigenvalue weighted by atomic mass is 35.5. The predicted molar refractivity (Wildman–Crippen MR) is 55.9 cm³/mol. The van der Waals surface area contributed by atoms with Gasteiger partial charge < -0.3 is 0 Å². The van der Waals surface area contributed by atoms with Crippen molar-refractivity contribution < 1.29 is 13.2 Å². The minimum Gasteiger partial charge on any atom is -0.220 e. The first-order valence-corrected chi connectivity index (χ1v) is 5.19. The Kier molecular flexibility index (Phi) is 3.06. The fraction of sp³-hybridized carbons (Fsp3) is 0.200. The molecule has 1 aromatic heterocycles. The molecule has 3 nitrogen and oxygen atoms in total. The molecule has 0 bridgehead atoms.